The van der Waals surface area contributed by atoms with Gasteiger partial charge >= 0.3 is 0 Å². The highest BCUT2D eigenvalue weighted by atomic mass is 32.1. The highest BCUT2D eigenvalue weighted by molar-refractivity contribution is 7.71. The summed E-state index contributed by atoms with van der Waals surface area (Å²) >= 11 is 5.39. The zero-order valence-electron chi connectivity index (χ0n) is 10.7. The van der Waals surface area contributed by atoms with Gasteiger partial charge < -0.3 is 4.98 Å². The zero-order valence-corrected chi connectivity index (χ0v) is 11.5. The van der Waals surface area contributed by atoms with Crippen molar-refractivity contribution in [3.8, 4) is 0 Å². The number of aryl methyl sites for hydroxylation is 1. The molecular formula is C16H14N2S. The van der Waals surface area contributed by atoms with Gasteiger partial charge in [-0.2, -0.15) is 0 Å². The lowest BCUT2D eigenvalue weighted by Crippen LogP contribution is -1.97. The molecule has 0 saturated carbocycles. The van der Waals surface area contributed by atoms with Gasteiger partial charge in [0.2, 0.25) is 0 Å². The molecule has 0 spiro atoms. The number of benzene rings is 2. The summed E-state index contributed by atoms with van der Waals surface area (Å²) in [5, 5.41) is 0. The predicted octanol–water partition coefficient (Wildman–Crippen LogP) is 4.19. The largest absolute Gasteiger partial charge is 0.343 e. The Bertz CT molecular complexity index is 773. The number of H-pyrrole nitrogens is 1. The summed E-state index contributed by atoms with van der Waals surface area (Å²) in [6.45, 7) is 2.09. The van der Waals surface area contributed by atoms with E-state index in [-0.39, 0.29) is 0 Å². The maximum Gasteiger partial charge on any atom is 0.125 e. The molecule has 0 saturated heterocycles. The van der Waals surface area contributed by atoms with Crippen molar-refractivity contribution in [2.75, 3.05) is 0 Å². The average molecular weight is 266 g/mol. The van der Waals surface area contributed by atoms with Gasteiger partial charge in [-0.25, -0.2) is 4.98 Å². The van der Waals surface area contributed by atoms with Crippen LogP contribution in [0.1, 0.15) is 16.8 Å². The van der Waals surface area contributed by atoms with E-state index in [1.165, 1.54) is 11.1 Å². The molecule has 3 heteroatoms. The first kappa shape index (κ1) is 12.1. The third-order valence-electron chi connectivity index (χ3n) is 3.16. The van der Waals surface area contributed by atoms with Gasteiger partial charge in [-0.3, -0.25) is 0 Å². The first-order chi connectivity index (χ1) is 9.22. The molecule has 19 heavy (non-hydrogen) atoms. The van der Waals surface area contributed by atoms with E-state index in [1.54, 1.807) is 0 Å². The molecule has 1 aromatic heterocycles. The van der Waals surface area contributed by atoms with Crippen molar-refractivity contribution in [1.29, 1.82) is 0 Å². The minimum Gasteiger partial charge on any atom is -0.343 e. The number of rotatable bonds is 2. The first-order valence-electron chi connectivity index (χ1n) is 6.26. The third-order valence-corrected chi connectivity index (χ3v) is 3.50. The van der Waals surface area contributed by atoms with Crippen LogP contribution in [-0.2, 0) is 6.42 Å². The maximum atomic E-state index is 5.39. The molecule has 0 aliphatic heterocycles. The van der Waals surface area contributed by atoms with Gasteiger partial charge in [0.25, 0.3) is 0 Å². The van der Waals surface area contributed by atoms with Crippen LogP contribution in [0, 0.1) is 11.6 Å². The highest BCUT2D eigenvalue weighted by Crippen LogP contribution is 2.14. The fraction of sp³-hybridized carbons (Fsp3) is 0.125. The topological polar surface area (TPSA) is 28.7 Å². The summed E-state index contributed by atoms with van der Waals surface area (Å²) in [5.74, 6) is 0. The van der Waals surface area contributed by atoms with E-state index >= 15 is 0 Å². The molecule has 0 bridgehead atoms. The monoisotopic (exact) mass is 266 g/mol. The fourth-order valence-electron chi connectivity index (χ4n) is 2.09. The molecule has 0 aliphatic carbocycles. The number of hydrogen-bond acceptors (Lipinski definition) is 2. The van der Waals surface area contributed by atoms with E-state index in [4.69, 9.17) is 12.2 Å². The molecular weight excluding hydrogens is 252 g/mol. The Morgan fingerprint density at radius 3 is 2.58 bits per heavy atom. The van der Waals surface area contributed by atoms with Crippen LogP contribution in [0.5, 0.6) is 0 Å². The molecule has 1 N–H and O–H groups in total. The van der Waals surface area contributed by atoms with Crippen LogP contribution >= 0.6 is 12.2 Å². The smallest absolute Gasteiger partial charge is 0.125 e. The quantitative estimate of drug-likeness (QED) is 0.704. The van der Waals surface area contributed by atoms with Crippen LogP contribution in [0.2, 0.25) is 0 Å². The number of para-hydroxylation sites is 2. The van der Waals surface area contributed by atoms with Crippen molar-refractivity contribution in [1.82, 2.24) is 9.97 Å². The van der Waals surface area contributed by atoms with E-state index in [1.807, 2.05) is 24.3 Å². The fourth-order valence-corrected chi connectivity index (χ4v) is 2.31. The molecule has 2 aromatic carbocycles. The highest BCUT2D eigenvalue weighted by Gasteiger charge is 2.03. The Kier molecular flexibility index (Phi) is 3.13. The van der Waals surface area contributed by atoms with E-state index in [2.05, 4.69) is 41.2 Å². The normalized spacial score (nSPS) is 10.8. The lowest BCUT2D eigenvalue weighted by molar-refractivity contribution is 1.05. The summed E-state index contributed by atoms with van der Waals surface area (Å²) in [6.07, 6.45) is 0.764. The molecule has 0 fully saturated rings. The van der Waals surface area contributed by atoms with Crippen molar-refractivity contribution in [3.05, 3.63) is 70.0 Å². The van der Waals surface area contributed by atoms with Crippen LogP contribution in [-0.4, -0.2) is 9.97 Å². The van der Waals surface area contributed by atoms with Crippen molar-refractivity contribution in [2.24, 2.45) is 0 Å². The Labute approximate surface area is 117 Å². The Morgan fingerprint density at radius 2 is 1.79 bits per heavy atom. The van der Waals surface area contributed by atoms with Crippen molar-refractivity contribution in [3.63, 3.8) is 0 Å². The number of aromatic amines is 1. The van der Waals surface area contributed by atoms with Crippen LogP contribution in [0.25, 0.3) is 11.0 Å². The summed E-state index contributed by atoms with van der Waals surface area (Å²) in [5.41, 5.74) is 5.36. The van der Waals surface area contributed by atoms with Gasteiger partial charge in [0.1, 0.15) is 4.64 Å². The lowest BCUT2D eigenvalue weighted by Gasteiger charge is -2.04. The molecule has 0 atom stereocenters. The minimum atomic E-state index is 0.722. The van der Waals surface area contributed by atoms with E-state index in [9.17, 15) is 0 Å². The van der Waals surface area contributed by atoms with E-state index in [0.717, 1.165) is 27.8 Å². The number of aromatic nitrogens is 2. The van der Waals surface area contributed by atoms with Crippen LogP contribution in [0.4, 0.5) is 0 Å². The molecule has 0 aliphatic rings. The van der Waals surface area contributed by atoms with Crippen molar-refractivity contribution < 1.29 is 0 Å². The molecule has 2 nitrogen and oxygen atoms in total. The van der Waals surface area contributed by atoms with Crippen LogP contribution in [0.15, 0.2) is 48.5 Å². The second-order valence-electron chi connectivity index (χ2n) is 4.69. The van der Waals surface area contributed by atoms with E-state index in [0.29, 0.717) is 0 Å². The molecule has 0 radical (unpaired) electrons. The van der Waals surface area contributed by atoms with Crippen molar-refractivity contribution in [2.45, 2.75) is 13.3 Å². The standard InChI is InChI=1S/C16H14N2S/c1-11-6-8-12(9-7-11)10-15-16(19)18-14-5-3-2-4-13(14)17-15/h2-9H,10H2,1H3,(H,18,19). The Hall–Kier alpha value is -2.00. The Balaban J connectivity index is 2.03. The Morgan fingerprint density at radius 1 is 1.05 bits per heavy atom. The number of fused-ring (bicyclic) bond motifs is 1. The molecule has 94 valence electrons. The van der Waals surface area contributed by atoms with Crippen LogP contribution < -0.4 is 0 Å². The average Bonchev–Trinajstić information content (AvgIpc) is 2.42. The number of nitrogens with zero attached hydrogens (tertiary/aromatic N) is 1. The first-order valence-corrected chi connectivity index (χ1v) is 6.67. The molecule has 1 heterocycles. The lowest BCUT2D eigenvalue weighted by atomic mass is 10.1. The van der Waals surface area contributed by atoms with Gasteiger partial charge in [0.05, 0.1) is 16.7 Å². The summed E-state index contributed by atoms with van der Waals surface area (Å²) in [4.78, 5) is 7.90. The zero-order chi connectivity index (χ0) is 13.2. The van der Waals surface area contributed by atoms with E-state index < -0.39 is 0 Å². The number of nitrogens with one attached hydrogen (secondary N) is 1. The molecule has 0 amide bonds. The summed E-state index contributed by atoms with van der Waals surface area (Å²) < 4.78 is 0.722. The van der Waals surface area contributed by atoms with Gasteiger partial charge in [-0.05, 0) is 24.6 Å². The van der Waals surface area contributed by atoms with Gasteiger partial charge in [0, 0.05) is 6.42 Å². The van der Waals surface area contributed by atoms with Crippen molar-refractivity contribution >= 4 is 23.3 Å². The predicted molar refractivity (Wildman–Crippen MR) is 80.9 cm³/mol. The van der Waals surface area contributed by atoms with Gasteiger partial charge in [-0.1, -0.05) is 54.2 Å². The second kappa shape index (κ2) is 4.94. The number of hydrogen-bond donors (Lipinski definition) is 1. The summed E-state index contributed by atoms with van der Waals surface area (Å²) in [7, 11) is 0. The SMILES string of the molecule is Cc1ccc(Cc2nc3ccccc3[nH]c2=S)cc1. The second-order valence-corrected chi connectivity index (χ2v) is 5.10. The van der Waals surface area contributed by atoms with Gasteiger partial charge in [0.15, 0.2) is 0 Å². The maximum absolute atomic E-state index is 5.39. The third kappa shape index (κ3) is 2.56. The molecule has 0 unspecified atom stereocenters. The molecule has 3 rings (SSSR count). The van der Waals surface area contributed by atoms with Gasteiger partial charge in [-0.15, -0.1) is 0 Å². The van der Waals surface area contributed by atoms with Crippen LogP contribution in [0.3, 0.4) is 0 Å². The summed E-state index contributed by atoms with van der Waals surface area (Å²) in [6, 6.07) is 16.4. The molecule has 3 aromatic rings. The minimum absolute atomic E-state index is 0.722.